The molecule has 0 saturated heterocycles. The number of amides is 1. The van der Waals surface area contributed by atoms with Crippen LogP contribution in [0.4, 0.5) is 10.1 Å². The lowest BCUT2D eigenvalue weighted by Gasteiger charge is -2.15. The Hall–Kier alpha value is -3.36. The lowest BCUT2D eigenvalue weighted by Crippen LogP contribution is -2.27. The van der Waals surface area contributed by atoms with E-state index in [4.69, 9.17) is 14.2 Å². The van der Waals surface area contributed by atoms with E-state index in [2.05, 4.69) is 5.32 Å². The van der Waals surface area contributed by atoms with Gasteiger partial charge in [-0.25, -0.2) is 4.39 Å². The van der Waals surface area contributed by atoms with Gasteiger partial charge >= 0.3 is 5.69 Å². The molecular weight excluding hydrogens is 359 g/mol. The van der Waals surface area contributed by atoms with Gasteiger partial charge in [0.15, 0.2) is 5.75 Å². The molecule has 9 heteroatoms. The molecule has 2 rings (SSSR count). The normalized spacial score (nSPS) is 10.2. The van der Waals surface area contributed by atoms with Crippen molar-refractivity contribution in [3.05, 3.63) is 57.4 Å². The third-order valence-electron chi connectivity index (χ3n) is 3.87. The van der Waals surface area contributed by atoms with Crippen molar-refractivity contribution in [1.29, 1.82) is 0 Å². The van der Waals surface area contributed by atoms with Gasteiger partial charge in [0.25, 0.3) is 5.91 Å². The zero-order chi connectivity index (χ0) is 20.0. The molecule has 0 saturated carbocycles. The van der Waals surface area contributed by atoms with Crippen molar-refractivity contribution >= 4 is 11.6 Å². The maximum absolute atomic E-state index is 13.6. The van der Waals surface area contributed by atoms with Crippen molar-refractivity contribution in [2.24, 2.45) is 0 Å². The summed E-state index contributed by atoms with van der Waals surface area (Å²) in [5.74, 6) is -1.20. The van der Waals surface area contributed by atoms with Crippen molar-refractivity contribution in [3.8, 4) is 17.2 Å². The predicted molar refractivity (Wildman–Crippen MR) is 95.2 cm³/mol. The second-order valence-corrected chi connectivity index (χ2v) is 5.40. The molecule has 2 aromatic rings. The maximum Gasteiger partial charge on any atom is 0.327 e. The maximum atomic E-state index is 13.6. The first-order chi connectivity index (χ1) is 12.9. The van der Waals surface area contributed by atoms with Gasteiger partial charge in [-0.05, 0) is 18.1 Å². The molecule has 0 heterocycles. The fraction of sp³-hybridized carbons (Fsp3) is 0.278. The number of methoxy groups -OCH3 is 3. The van der Waals surface area contributed by atoms with E-state index in [1.165, 1.54) is 33.5 Å². The van der Waals surface area contributed by atoms with E-state index in [-0.39, 0.29) is 41.6 Å². The minimum atomic E-state index is -0.730. The topological polar surface area (TPSA) is 99.9 Å². The van der Waals surface area contributed by atoms with Gasteiger partial charge in [-0.3, -0.25) is 14.9 Å². The Kier molecular flexibility index (Phi) is 6.53. The van der Waals surface area contributed by atoms with E-state index in [1.807, 2.05) is 0 Å². The molecule has 0 aliphatic carbocycles. The molecule has 144 valence electrons. The number of nitrogens with one attached hydrogen (secondary N) is 1. The third-order valence-corrected chi connectivity index (χ3v) is 3.87. The molecule has 0 aliphatic heterocycles. The van der Waals surface area contributed by atoms with Gasteiger partial charge in [0, 0.05) is 12.6 Å². The van der Waals surface area contributed by atoms with Gasteiger partial charge in [-0.2, -0.15) is 0 Å². The van der Waals surface area contributed by atoms with Crippen LogP contribution in [0.15, 0.2) is 30.3 Å². The minimum Gasteiger partial charge on any atom is -0.493 e. The van der Waals surface area contributed by atoms with E-state index in [9.17, 15) is 19.3 Å². The highest BCUT2D eigenvalue weighted by Gasteiger charge is 2.32. The number of nitrogens with zero attached hydrogens (tertiary/aromatic N) is 1. The number of halogens is 1. The Morgan fingerprint density at radius 2 is 1.81 bits per heavy atom. The number of nitro benzene ring substituents is 1. The first-order valence-corrected chi connectivity index (χ1v) is 7.93. The molecule has 2 aromatic carbocycles. The highest BCUT2D eigenvalue weighted by molar-refractivity contribution is 6.00. The van der Waals surface area contributed by atoms with Crippen LogP contribution in [-0.2, 0) is 6.42 Å². The van der Waals surface area contributed by atoms with Crippen LogP contribution in [0.5, 0.6) is 17.2 Å². The van der Waals surface area contributed by atoms with E-state index in [0.717, 1.165) is 0 Å². The molecule has 0 fully saturated rings. The summed E-state index contributed by atoms with van der Waals surface area (Å²) in [5.41, 5.74) is -0.362. The van der Waals surface area contributed by atoms with Crippen LogP contribution in [0.25, 0.3) is 0 Å². The predicted octanol–water partition coefficient (Wildman–Crippen LogP) is 2.73. The summed E-state index contributed by atoms with van der Waals surface area (Å²) in [6, 6.07) is 7.38. The van der Waals surface area contributed by atoms with Crippen molar-refractivity contribution in [3.63, 3.8) is 0 Å². The summed E-state index contributed by atoms with van der Waals surface area (Å²) in [4.78, 5) is 23.3. The number of benzene rings is 2. The summed E-state index contributed by atoms with van der Waals surface area (Å²) in [7, 11) is 3.87. The van der Waals surface area contributed by atoms with Crippen LogP contribution in [-0.4, -0.2) is 38.7 Å². The van der Waals surface area contributed by atoms with Crippen molar-refractivity contribution in [2.45, 2.75) is 6.42 Å². The number of carbonyl (C=O) groups excluding carboxylic acids is 1. The molecule has 0 aromatic heterocycles. The largest absolute Gasteiger partial charge is 0.493 e. The quantitative estimate of drug-likeness (QED) is 0.560. The molecule has 0 radical (unpaired) electrons. The SMILES string of the molecule is COc1cc(C(=O)NCCc2ccccc2F)c([N+](=O)[O-])c(OC)c1OC. The Labute approximate surface area is 155 Å². The summed E-state index contributed by atoms with van der Waals surface area (Å²) in [5, 5.41) is 14.1. The van der Waals surface area contributed by atoms with Gasteiger partial charge < -0.3 is 19.5 Å². The molecule has 27 heavy (non-hydrogen) atoms. The lowest BCUT2D eigenvalue weighted by atomic mass is 10.1. The Balaban J connectivity index is 2.31. The average Bonchev–Trinajstić information content (AvgIpc) is 2.67. The molecule has 1 amide bonds. The van der Waals surface area contributed by atoms with Crippen molar-refractivity contribution in [2.75, 3.05) is 27.9 Å². The van der Waals surface area contributed by atoms with E-state index >= 15 is 0 Å². The Morgan fingerprint density at radius 3 is 2.37 bits per heavy atom. The van der Waals surface area contributed by atoms with Crippen molar-refractivity contribution < 1.29 is 28.3 Å². The number of nitro groups is 1. The number of carbonyl (C=O) groups is 1. The van der Waals surface area contributed by atoms with Crippen LogP contribution >= 0.6 is 0 Å². The highest BCUT2D eigenvalue weighted by Crippen LogP contribution is 2.46. The van der Waals surface area contributed by atoms with Gasteiger partial charge in [0.1, 0.15) is 11.4 Å². The zero-order valence-electron chi connectivity index (χ0n) is 15.1. The van der Waals surface area contributed by atoms with E-state index < -0.39 is 16.5 Å². The monoisotopic (exact) mass is 378 g/mol. The lowest BCUT2D eigenvalue weighted by molar-refractivity contribution is -0.386. The van der Waals surface area contributed by atoms with Crippen LogP contribution in [0.2, 0.25) is 0 Å². The number of rotatable bonds is 8. The van der Waals surface area contributed by atoms with Gasteiger partial charge in [0.2, 0.25) is 11.5 Å². The Morgan fingerprint density at radius 1 is 1.15 bits per heavy atom. The van der Waals surface area contributed by atoms with Gasteiger partial charge in [-0.15, -0.1) is 0 Å². The standard InChI is InChI=1S/C18H19FN2O6/c1-25-14-10-12(15(21(23)24)17(27-3)16(14)26-2)18(22)20-9-8-11-6-4-5-7-13(11)19/h4-7,10H,8-9H2,1-3H3,(H,20,22). The second-order valence-electron chi connectivity index (χ2n) is 5.40. The molecular formula is C18H19FN2O6. The highest BCUT2D eigenvalue weighted by atomic mass is 19.1. The van der Waals surface area contributed by atoms with E-state index in [1.54, 1.807) is 18.2 Å². The molecule has 8 nitrogen and oxygen atoms in total. The number of hydrogen-bond acceptors (Lipinski definition) is 6. The first-order valence-electron chi connectivity index (χ1n) is 7.93. The first kappa shape index (κ1) is 20.0. The van der Waals surface area contributed by atoms with E-state index in [0.29, 0.717) is 5.56 Å². The third kappa shape index (κ3) is 4.25. The fourth-order valence-electron chi connectivity index (χ4n) is 2.60. The average molecular weight is 378 g/mol. The fourth-order valence-corrected chi connectivity index (χ4v) is 2.60. The van der Waals surface area contributed by atoms with Crippen LogP contribution < -0.4 is 19.5 Å². The summed E-state index contributed by atoms with van der Waals surface area (Å²) in [6.07, 6.45) is 0.233. The summed E-state index contributed by atoms with van der Waals surface area (Å²) < 4.78 is 29.0. The van der Waals surface area contributed by atoms with Gasteiger partial charge in [0.05, 0.1) is 26.3 Å². The molecule has 1 N–H and O–H groups in total. The smallest absolute Gasteiger partial charge is 0.327 e. The number of hydrogen-bond donors (Lipinski definition) is 1. The molecule has 0 aliphatic rings. The molecule has 0 atom stereocenters. The number of ether oxygens (including phenoxy) is 3. The van der Waals surface area contributed by atoms with Crippen molar-refractivity contribution in [1.82, 2.24) is 5.32 Å². The summed E-state index contributed by atoms with van der Waals surface area (Å²) in [6.45, 7) is 0.0909. The molecule has 0 unspecified atom stereocenters. The molecule has 0 spiro atoms. The Bertz CT molecular complexity index is 856. The molecule has 0 bridgehead atoms. The van der Waals surface area contributed by atoms with Crippen LogP contribution in [0.3, 0.4) is 0 Å². The minimum absolute atomic E-state index is 0.00890. The van der Waals surface area contributed by atoms with Crippen LogP contribution in [0.1, 0.15) is 15.9 Å². The van der Waals surface area contributed by atoms with Gasteiger partial charge in [-0.1, -0.05) is 18.2 Å². The zero-order valence-corrected chi connectivity index (χ0v) is 15.1. The van der Waals surface area contributed by atoms with Crippen LogP contribution in [0, 0.1) is 15.9 Å². The summed E-state index contributed by atoms with van der Waals surface area (Å²) >= 11 is 0. The second kappa shape index (κ2) is 8.84.